The van der Waals surface area contributed by atoms with Crippen molar-refractivity contribution in [2.45, 2.75) is 32.2 Å². The van der Waals surface area contributed by atoms with Gasteiger partial charge < -0.3 is 15.6 Å². The number of carbonyl (C=O) groups is 1. The zero-order valence-corrected chi connectivity index (χ0v) is 15.1. The number of nitrogens with zero attached hydrogens (tertiary/aromatic N) is 2. The van der Waals surface area contributed by atoms with Crippen molar-refractivity contribution >= 4 is 21.8 Å². The highest BCUT2D eigenvalue weighted by Crippen LogP contribution is 2.31. The molecule has 0 radical (unpaired) electrons. The monoisotopic (exact) mass is 392 g/mol. The molecule has 0 saturated heterocycles. The summed E-state index contributed by atoms with van der Waals surface area (Å²) in [6, 6.07) is 7.33. The van der Waals surface area contributed by atoms with E-state index in [0.717, 1.165) is 29.3 Å². The number of nitrogens with one attached hydrogen (secondary N) is 1. The molecule has 128 valence electrons. The van der Waals surface area contributed by atoms with E-state index in [4.69, 9.17) is 10.3 Å². The van der Waals surface area contributed by atoms with Gasteiger partial charge in [0.25, 0.3) is 0 Å². The van der Waals surface area contributed by atoms with Crippen LogP contribution < -0.4 is 11.1 Å². The van der Waals surface area contributed by atoms with Crippen molar-refractivity contribution in [2.75, 3.05) is 6.54 Å². The van der Waals surface area contributed by atoms with Crippen molar-refractivity contribution in [3.63, 3.8) is 0 Å². The second-order valence-electron chi connectivity index (χ2n) is 6.23. The maximum atomic E-state index is 12.5. The van der Waals surface area contributed by atoms with Gasteiger partial charge in [-0.15, -0.1) is 0 Å². The molecular weight excluding hydrogens is 372 g/mol. The van der Waals surface area contributed by atoms with Crippen molar-refractivity contribution in [3.05, 3.63) is 34.6 Å². The van der Waals surface area contributed by atoms with Gasteiger partial charge in [0.15, 0.2) is 0 Å². The van der Waals surface area contributed by atoms with E-state index < -0.39 is 0 Å². The Morgan fingerprint density at radius 2 is 2.17 bits per heavy atom. The van der Waals surface area contributed by atoms with Crippen molar-refractivity contribution in [2.24, 2.45) is 17.6 Å². The largest absolute Gasteiger partial charge is 0.344 e. The summed E-state index contributed by atoms with van der Waals surface area (Å²) >= 11 is 3.40. The zero-order chi connectivity index (χ0) is 17.1. The highest BCUT2D eigenvalue weighted by atomic mass is 79.9. The van der Waals surface area contributed by atoms with Gasteiger partial charge in [0.1, 0.15) is 6.04 Å². The van der Waals surface area contributed by atoms with Crippen molar-refractivity contribution in [1.82, 2.24) is 15.5 Å². The number of rotatable bonds is 5. The van der Waals surface area contributed by atoms with Crippen LogP contribution in [0.3, 0.4) is 0 Å². The number of nitrogens with two attached hydrogens (primary N) is 1. The lowest BCUT2D eigenvalue weighted by atomic mass is 9.95. The van der Waals surface area contributed by atoms with Crippen LogP contribution in [0.5, 0.6) is 0 Å². The van der Waals surface area contributed by atoms with Crippen LogP contribution in [0.1, 0.15) is 38.1 Å². The van der Waals surface area contributed by atoms with Gasteiger partial charge in [-0.25, -0.2) is 0 Å². The fourth-order valence-corrected chi connectivity index (χ4v) is 3.44. The lowest BCUT2D eigenvalue weighted by molar-refractivity contribution is -0.126. The molecule has 1 amide bonds. The molecule has 1 heterocycles. The second kappa shape index (κ2) is 7.44. The topological polar surface area (TPSA) is 94.0 Å². The van der Waals surface area contributed by atoms with Gasteiger partial charge in [-0.3, -0.25) is 4.79 Å². The second-order valence-corrected chi connectivity index (χ2v) is 7.14. The Morgan fingerprint density at radius 3 is 2.88 bits per heavy atom. The van der Waals surface area contributed by atoms with Crippen molar-refractivity contribution in [3.8, 4) is 11.4 Å². The molecule has 1 unspecified atom stereocenters. The molecule has 7 heteroatoms. The molecule has 24 heavy (non-hydrogen) atoms. The van der Waals surface area contributed by atoms with E-state index in [9.17, 15) is 4.79 Å². The van der Waals surface area contributed by atoms with E-state index in [1.807, 2.05) is 31.2 Å². The van der Waals surface area contributed by atoms with Gasteiger partial charge in [-0.2, -0.15) is 4.98 Å². The summed E-state index contributed by atoms with van der Waals surface area (Å²) in [5, 5.41) is 6.98. The van der Waals surface area contributed by atoms with E-state index >= 15 is 0 Å². The lowest BCUT2D eigenvalue weighted by Gasteiger charge is -2.19. The first-order valence-electron chi connectivity index (χ1n) is 8.18. The maximum Gasteiger partial charge on any atom is 0.249 e. The molecule has 1 aliphatic rings. The van der Waals surface area contributed by atoms with Crippen LogP contribution in [-0.2, 0) is 4.79 Å². The van der Waals surface area contributed by atoms with Gasteiger partial charge in [0.2, 0.25) is 17.6 Å². The number of hydrogen-bond acceptors (Lipinski definition) is 5. The molecule has 0 bridgehead atoms. The minimum Gasteiger partial charge on any atom is -0.344 e. The summed E-state index contributed by atoms with van der Waals surface area (Å²) in [6.45, 7) is 2.41. The maximum absolute atomic E-state index is 12.5. The third-order valence-corrected chi connectivity index (χ3v) is 5.10. The fourth-order valence-electron chi connectivity index (χ4n) is 3.17. The molecule has 6 nitrogen and oxygen atoms in total. The minimum atomic E-state index is -0.326. The van der Waals surface area contributed by atoms with Crippen LogP contribution in [0.15, 0.2) is 33.3 Å². The Morgan fingerprint density at radius 1 is 1.42 bits per heavy atom. The molecule has 0 spiro atoms. The minimum absolute atomic E-state index is 0.00804. The van der Waals surface area contributed by atoms with E-state index in [2.05, 4.69) is 31.4 Å². The van der Waals surface area contributed by atoms with Crippen LogP contribution in [0.4, 0.5) is 0 Å². The molecular formula is C17H21BrN4O2. The quantitative estimate of drug-likeness (QED) is 0.815. The fraction of sp³-hybridized carbons (Fsp3) is 0.471. The van der Waals surface area contributed by atoms with Gasteiger partial charge >= 0.3 is 0 Å². The van der Waals surface area contributed by atoms with E-state index in [0.29, 0.717) is 18.3 Å². The van der Waals surface area contributed by atoms with Crippen molar-refractivity contribution in [1.29, 1.82) is 0 Å². The average Bonchev–Trinajstić information content (AvgIpc) is 3.24. The first kappa shape index (κ1) is 17.1. The number of hydrogen-bond donors (Lipinski definition) is 2. The smallest absolute Gasteiger partial charge is 0.249 e. The number of carbonyl (C=O) groups excluding carboxylic acids is 1. The lowest BCUT2D eigenvalue weighted by Crippen LogP contribution is -2.36. The Hall–Kier alpha value is -1.73. The molecule has 1 aliphatic carbocycles. The Kier molecular flexibility index (Phi) is 5.30. The predicted molar refractivity (Wildman–Crippen MR) is 93.9 cm³/mol. The average molecular weight is 393 g/mol. The van der Waals surface area contributed by atoms with Crippen molar-refractivity contribution < 1.29 is 9.32 Å². The van der Waals surface area contributed by atoms with Crippen LogP contribution >= 0.6 is 15.9 Å². The first-order valence-corrected chi connectivity index (χ1v) is 8.97. The van der Waals surface area contributed by atoms with Crippen LogP contribution in [-0.4, -0.2) is 22.6 Å². The van der Waals surface area contributed by atoms with Gasteiger partial charge in [-0.1, -0.05) is 27.5 Å². The summed E-state index contributed by atoms with van der Waals surface area (Å²) in [4.78, 5) is 16.8. The summed E-state index contributed by atoms with van der Waals surface area (Å²) < 4.78 is 6.30. The number of aromatic nitrogens is 2. The molecule has 1 aromatic heterocycles. The predicted octanol–water partition coefficient (Wildman–Crippen LogP) is 3.05. The summed E-state index contributed by atoms with van der Waals surface area (Å²) in [5.41, 5.74) is 6.62. The normalized spacial score (nSPS) is 21.6. The Bertz CT molecular complexity index is 701. The van der Waals surface area contributed by atoms with Crippen LogP contribution in [0, 0.1) is 11.8 Å². The van der Waals surface area contributed by atoms with Gasteiger partial charge in [0, 0.05) is 16.0 Å². The van der Waals surface area contributed by atoms with E-state index in [1.165, 1.54) is 0 Å². The van der Waals surface area contributed by atoms with E-state index in [-0.39, 0.29) is 23.8 Å². The first-order chi connectivity index (χ1) is 11.6. The summed E-state index contributed by atoms with van der Waals surface area (Å²) in [6.07, 6.45) is 2.98. The van der Waals surface area contributed by atoms with E-state index in [1.54, 1.807) is 0 Å². The third kappa shape index (κ3) is 3.67. The summed E-state index contributed by atoms with van der Waals surface area (Å²) in [5.74, 6) is 1.21. The Balaban J connectivity index is 1.66. The molecule has 0 aliphatic heterocycles. The van der Waals surface area contributed by atoms with Gasteiger partial charge in [0.05, 0.1) is 0 Å². The number of halogens is 1. The van der Waals surface area contributed by atoms with Crippen LogP contribution in [0.25, 0.3) is 11.4 Å². The molecule has 3 atom stereocenters. The summed E-state index contributed by atoms with van der Waals surface area (Å²) in [7, 11) is 0. The third-order valence-electron chi connectivity index (χ3n) is 4.57. The van der Waals surface area contributed by atoms with Crippen LogP contribution in [0.2, 0.25) is 0 Å². The number of amides is 1. The molecule has 2 aromatic rings. The molecule has 1 aromatic carbocycles. The molecule has 1 fully saturated rings. The molecule has 3 rings (SSSR count). The molecule has 1 saturated carbocycles. The SMILES string of the molecule is CC(NC(=O)[C@@H]1CCC[C@@H]1CN)c1nc(-c2ccc(Br)cc2)no1. The zero-order valence-electron chi connectivity index (χ0n) is 13.5. The Labute approximate surface area is 149 Å². The highest BCUT2D eigenvalue weighted by Gasteiger charge is 2.33. The molecule has 3 N–H and O–H groups in total. The highest BCUT2D eigenvalue weighted by molar-refractivity contribution is 9.10. The number of benzene rings is 1. The van der Waals surface area contributed by atoms with Gasteiger partial charge in [-0.05, 0) is 56.5 Å². The standard InChI is InChI=1S/C17H21BrN4O2/c1-10(20-16(23)14-4-2-3-12(14)9-19)17-21-15(22-24-17)11-5-7-13(18)8-6-11/h5-8,10,12,14H,2-4,9,19H2,1H3,(H,20,23)/t10?,12-,14-/m1/s1.